The Morgan fingerprint density at radius 3 is 2.69 bits per heavy atom. The Morgan fingerprint density at radius 2 is 2.31 bits per heavy atom. The van der Waals surface area contributed by atoms with Crippen LogP contribution >= 0.6 is 0 Å². The van der Waals surface area contributed by atoms with E-state index in [1.165, 1.54) is 10.7 Å². The lowest BCUT2D eigenvalue weighted by atomic mass is 9.89. The van der Waals surface area contributed by atoms with Crippen LogP contribution in [0.4, 0.5) is 0 Å². The van der Waals surface area contributed by atoms with Crippen molar-refractivity contribution in [3.8, 4) is 0 Å². The van der Waals surface area contributed by atoms with Crippen molar-refractivity contribution in [2.24, 2.45) is 5.73 Å². The summed E-state index contributed by atoms with van der Waals surface area (Å²) >= 11 is 0. The predicted octanol–water partition coefficient (Wildman–Crippen LogP) is -1.24. The summed E-state index contributed by atoms with van der Waals surface area (Å²) in [5.41, 5.74) is 4.66. The fraction of sp³-hybridized carbons (Fsp3) is 0.444. The van der Waals surface area contributed by atoms with Gasteiger partial charge in [0.25, 0.3) is 5.91 Å². The normalized spacial score (nSPS) is 17.8. The fourth-order valence-electron chi connectivity index (χ4n) is 1.78. The van der Waals surface area contributed by atoms with Crippen molar-refractivity contribution in [3.05, 3.63) is 18.0 Å². The number of carbonyl (C=O) groups is 2. The van der Waals surface area contributed by atoms with Gasteiger partial charge in [0.2, 0.25) is 0 Å². The van der Waals surface area contributed by atoms with Crippen LogP contribution in [0.5, 0.6) is 0 Å². The molecule has 86 valence electrons. The largest absolute Gasteiger partial charge is 0.481 e. The van der Waals surface area contributed by atoms with E-state index in [4.69, 9.17) is 10.8 Å². The third kappa shape index (κ3) is 1.65. The van der Waals surface area contributed by atoms with Crippen molar-refractivity contribution in [2.75, 3.05) is 13.1 Å². The number of aromatic nitrogens is 2. The first kappa shape index (κ1) is 10.6. The third-order valence-electron chi connectivity index (χ3n) is 2.72. The Morgan fingerprint density at radius 1 is 1.62 bits per heavy atom. The Hall–Kier alpha value is -1.89. The minimum absolute atomic E-state index is 0.0279. The molecule has 0 aliphatic carbocycles. The van der Waals surface area contributed by atoms with Gasteiger partial charge in [0.1, 0.15) is 5.69 Å². The van der Waals surface area contributed by atoms with Crippen molar-refractivity contribution < 1.29 is 14.7 Å². The van der Waals surface area contributed by atoms with Gasteiger partial charge in [-0.1, -0.05) is 0 Å². The molecule has 1 aliphatic heterocycles. The van der Waals surface area contributed by atoms with E-state index in [9.17, 15) is 9.59 Å². The number of carboxylic acid groups (broad SMARTS) is 1. The second-order valence-electron chi connectivity index (χ2n) is 3.91. The first-order chi connectivity index (χ1) is 7.53. The van der Waals surface area contributed by atoms with E-state index in [0.717, 1.165) is 0 Å². The van der Waals surface area contributed by atoms with Crippen molar-refractivity contribution >= 4 is 11.9 Å². The quantitative estimate of drug-likeness (QED) is 0.592. The standard InChI is InChI=1S/C9H12N4O3/c10-8(16)6-1-2-13(12-6)9(3-7(14)15)4-11-5-9/h1-2,11H,3-5H2,(H2,10,16)(H,14,15). The van der Waals surface area contributed by atoms with Crippen LogP contribution in [0.2, 0.25) is 0 Å². The number of rotatable bonds is 4. The minimum Gasteiger partial charge on any atom is -0.481 e. The number of aliphatic carboxylic acids is 1. The highest BCUT2D eigenvalue weighted by atomic mass is 16.4. The zero-order chi connectivity index (χ0) is 11.8. The number of nitrogens with one attached hydrogen (secondary N) is 1. The minimum atomic E-state index is -0.891. The number of amides is 1. The Labute approximate surface area is 91.2 Å². The second-order valence-corrected chi connectivity index (χ2v) is 3.91. The van der Waals surface area contributed by atoms with Crippen molar-refractivity contribution in [2.45, 2.75) is 12.0 Å². The Bertz CT molecular complexity index is 436. The lowest BCUT2D eigenvalue weighted by Crippen LogP contribution is -2.61. The molecule has 4 N–H and O–H groups in total. The lowest BCUT2D eigenvalue weighted by Gasteiger charge is -2.41. The summed E-state index contributed by atoms with van der Waals surface area (Å²) in [6, 6.07) is 1.49. The van der Waals surface area contributed by atoms with Gasteiger partial charge in [-0.3, -0.25) is 14.3 Å². The fourth-order valence-corrected chi connectivity index (χ4v) is 1.78. The number of hydrogen-bond acceptors (Lipinski definition) is 4. The highest BCUT2D eigenvalue weighted by molar-refractivity contribution is 5.90. The van der Waals surface area contributed by atoms with Gasteiger partial charge in [-0.25, -0.2) is 0 Å². The number of hydrogen-bond donors (Lipinski definition) is 3. The maximum absolute atomic E-state index is 10.9. The summed E-state index contributed by atoms with van der Waals surface area (Å²) in [5, 5.41) is 15.8. The predicted molar refractivity (Wildman–Crippen MR) is 53.8 cm³/mol. The molecule has 7 nitrogen and oxygen atoms in total. The molecule has 1 aromatic heterocycles. The first-order valence-corrected chi connectivity index (χ1v) is 4.82. The topological polar surface area (TPSA) is 110 Å². The van der Waals surface area contributed by atoms with Gasteiger partial charge in [0.05, 0.1) is 12.0 Å². The molecule has 0 atom stereocenters. The number of carboxylic acids is 1. The Balaban J connectivity index is 2.26. The van der Waals surface area contributed by atoms with E-state index in [1.807, 2.05) is 0 Å². The number of nitrogens with two attached hydrogens (primary N) is 1. The molecule has 1 amide bonds. The summed E-state index contributed by atoms with van der Waals surface area (Å²) in [6.07, 6.45) is 1.56. The molecular weight excluding hydrogens is 212 g/mol. The van der Waals surface area contributed by atoms with Crippen LogP contribution < -0.4 is 11.1 Å². The van der Waals surface area contributed by atoms with Crippen molar-refractivity contribution in [1.29, 1.82) is 0 Å². The van der Waals surface area contributed by atoms with Crippen LogP contribution in [0.15, 0.2) is 12.3 Å². The van der Waals surface area contributed by atoms with Gasteiger partial charge in [-0.2, -0.15) is 5.10 Å². The smallest absolute Gasteiger partial charge is 0.305 e. The SMILES string of the molecule is NC(=O)c1ccn(C2(CC(=O)O)CNC2)n1. The van der Waals surface area contributed by atoms with E-state index in [0.29, 0.717) is 13.1 Å². The van der Waals surface area contributed by atoms with E-state index in [-0.39, 0.29) is 12.1 Å². The second kappa shape index (κ2) is 3.60. The van der Waals surface area contributed by atoms with Gasteiger partial charge < -0.3 is 16.2 Å². The summed E-state index contributed by atoms with van der Waals surface area (Å²) in [4.78, 5) is 21.6. The molecule has 2 rings (SSSR count). The van der Waals surface area contributed by atoms with Crippen LogP contribution in [0.3, 0.4) is 0 Å². The van der Waals surface area contributed by atoms with Crippen LogP contribution in [-0.2, 0) is 10.3 Å². The van der Waals surface area contributed by atoms with Crippen LogP contribution in [0.25, 0.3) is 0 Å². The molecule has 2 heterocycles. The van der Waals surface area contributed by atoms with E-state index in [1.54, 1.807) is 6.20 Å². The highest BCUT2D eigenvalue weighted by Crippen LogP contribution is 2.25. The first-order valence-electron chi connectivity index (χ1n) is 4.82. The molecule has 0 spiro atoms. The molecule has 1 saturated heterocycles. The molecule has 0 unspecified atom stereocenters. The number of carbonyl (C=O) groups excluding carboxylic acids is 1. The maximum Gasteiger partial charge on any atom is 0.305 e. The maximum atomic E-state index is 10.9. The summed E-state index contributed by atoms with van der Waals surface area (Å²) < 4.78 is 1.51. The van der Waals surface area contributed by atoms with Gasteiger partial charge in [-0.15, -0.1) is 0 Å². The molecule has 16 heavy (non-hydrogen) atoms. The summed E-state index contributed by atoms with van der Waals surface area (Å²) in [7, 11) is 0. The average molecular weight is 224 g/mol. The highest BCUT2D eigenvalue weighted by Gasteiger charge is 2.41. The number of primary amides is 1. The lowest BCUT2D eigenvalue weighted by molar-refractivity contribution is -0.140. The summed E-state index contributed by atoms with van der Waals surface area (Å²) in [5.74, 6) is -1.51. The molecule has 0 saturated carbocycles. The van der Waals surface area contributed by atoms with E-state index in [2.05, 4.69) is 10.4 Å². The molecule has 1 aliphatic rings. The van der Waals surface area contributed by atoms with Gasteiger partial charge in [-0.05, 0) is 6.07 Å². The molecule has 7 heteroatoms. The van der Waals surface area contributed by atoms with Gasteiger partial charge in [0, 0.05) is 19.3 Å². The average Bonchev–Trinajstić information content (AvgIpc) is 2.59. The van der Waals surface area contributed by atoms with E-state index >= 15 is 0 Å². The molecule has 1 aromatic rings. The van der Waals surface area contributed by atoms with Crippen LogP contribution in [0.1, 0.15) is 16.9 Å². The van der Waals surface area contributed by atoms with Crippen LogP contribution in [-0.4, -0.2) is 39.9 Å². The molecule has 0 radical (unpaired) electrons. The zero-order valence-electron chi connectivity index (χ0n) is 8.51. The Kier molecular flexibility index (Phi) is 2.39. The van der Waals surface area contributed by atoms with Gasteiger partial charge in [0.15, 0.2) is 0 Å². The molecule has 0 bridgehead atoms. The summed E-state index contributed by atoms with van der Waals surface area (Å²) in [6.45, 7) is 1.05. The van der Waals surface area contributed by atoms with Crippen molar-refractivity contribution in [1.82, 2.24) is 15.1 Å². The van der Waals surface area contributed by atoms with Crippen LogP contribution in [0, 0.1) is 0 Å². The van der Waals surface area contributed by atoms with Crippen molar-refractivity contribution in [3.63, 3.8) is 0 Å². The molecule has 1 fully saturated rings. The monoisotopic (exact) mass is 224 g/mol. The van der Waals surface area contributed by atoms with E-state index < -0.39 is 17.4 Å². The molecular formula is C9H12N4O3. The number of nitrogens with zero attached hydrogens (tertiary/aromatic N) is 2. The third-order valence-corrected chi connectivity index (χ3v) is 2.72. The molecule has 0 aromatic carbocycles. The zero-order valence-corrected chi connectivity index (χ0v) is 8.51. The van der Waals surface area contributed by atoms with Gasteiger partial charge >= 0.3 is 5.97 Å².